The van der Waals surface area contributed by atoms with E-state index in [0.29, 0.717) is 17.9 Å². The van der Waals surface area contributed by atoms with Gasteiger partial charge in [0.15, 0.2) is 0 Å². The first-order chi connectivity index (χ1) is 9.54. The first-order valence-corrected chi connectivity index (χ1v) is 6.98. The van der Waals surface area contributed by atoms with Gasteiger partial charge in [0, 0.05) is 18.2 Å². The zero-order valence-corrected chi connectivity index (χ0v) is 12.1. The molecule has 1 rings (SSSR count). The summed E-state index contributed by atoms with van der Waals surface area (Å²) in [6, 6.07) is 3.85. The van der Waals surface area contributed by atoms with E-state index in [0.717, 1.165) is 12.8 Å². The van der Waals surface area contributed by atoms with Crippen LogP contribution in [0.5, 0.6) is 5.75 Å². The number of aliphatic hydroxyl groups excluding tert-OH is 1. The third kappa shape index (κ3) is 5.86. The number of nitrogens with two attached hydrogens (primary N) is 1. The van der Waals surface area contributed by atoms with Gasteiger partial charge in [0.25, 0.3) is 0 Å². The molecule has 0 saturated heterocycles. The SMILES string of the molecule is CCCCOCC(O)COc1ccc(F)cc1C(C)N. The molecule has 1 aromatic rings. The molecule has 0 aromatic heterocycles. The second kappa shape index (κ2) is 8.89. The predicted octanol–water partition coefficient (Wildman–Crippen LogP) is 2.40. The first kappa shape index (κ1) is 16.9. The molecular weight excluding hydrogens is 261 g/mol. The van der Waals surface area contributed by atoms with Gasteiger partial charge in [-0.05, 0) is 31.5 Å². The van der Waals surface area contributed by atoms with Crippen molar-refractivity contribution in [2.75, 3.05) is 19.8 Å². The van der Waals surface area contributed by atoms with Crippen LogP contribution in [0.2, 0.25) is 0 Å². The third-order valence-corrected chi connectivity index (χ3v) is 2.85. The Morgan fingerprint density at radius 3 is 2.75 bits per heavy atom. The van der Waals surface area contributed by atoms with E-state index in [-0.39, 0.29) is 25.1 Å². The van der Waals surface area contributed by atoms with Crippen molar-refractivity contribution in [2.24, 2.45) is 5.73 Å². The van der Waals surface area contributed by atoms with Crippen LogP contribution in [0, 0.1) is 5.82 Å². The van der Waals surface area contributed by atoms with Gasteiger partial charge in [0.2, 0.25) is 0 Å². The van der Waals surface area contributed by atoms with Gasteiger partial charge in [-0.3, -0.25) is 0 Å². The highest BCUT2D eigenvalue weighted by Crippen LogP contribution is 2.24. The van der Waals surface area contributed by atoms with E-state index >= 15 is 0 Å². The van der Waals surface area contributed by atoms with Crippen LogP contribution in [0.1, 0.15) is 38.3 Å². The Morgan fingerprint density at radius 2 is 2.10 bits per heavy atom. The fraction of sp³-hybridized carbons (Fsp3) is 0.600. The summed E-state index contributed by atoms with van der Waals surface area (Å²) in [5.74, 6) is 0.141. The highest BCUT2D eigenvalue weighted by atomic mass is 19.1. The third-order valence-electron chi connectivity index (χ3n) is 2.85. The molecule has 4 nitrogen and oxygen atoms in total. The summed E-state index contributed by atoms with van der Waals surface area (Å²) in [6.07, 6.45) is 1.32. The van der Waals surface area contributed by atoms with Crippen LogP contribution >= 0.6 is 0 Å². The average Bonchev–Trinajstić information content (AvgIpc) is 2.42. The molecule has 0 fully saturated rings. The predicted molar refractivity (Wildman–Crippen MR) is 76.2 cm³/mol. The molecule has 0 spiro atoms. The number of halogens is 1. The number of aliphatic hydroxyl groups is 1. The summed E-state index contributed by atoms with van der Waals surface area (Å²) in [4.78, 5) is 0. The Labute approximate surface area is 119 Å². The van der Waals surface area contributed by atoms with Crippen molar-refractivity contribution < 1.29 is 19.0 Å². The minimum Gasteiger partial charge on any atom is -0.490 e. The van der Waals surface area contributed by atoms with Gasteiger partial charge >= 0.3 is 0 Å². The lowest BCUT2D eigenvalue weighted by Crippen LogP contribution is -2.24. The van der Waals surface area contributed by atoms with E-state index in [1.165, 1.54) is 18.2 Å². The molecule has 0 radical (unpaired) electrons. The molecule has 0 aliphatic carbocycles. The minimum atomic E-state index is -0.710. The molecule has 2 unspecified atom stereocenters. The van der Waals surface area contributed by atoms with Crippen molar-refractivity contribution in [1.82, 2.24) is 0 Å². The summed E-state index contributed by atoms with van der Waals surface area (Å²) < 4.78 is 24.0. The molecule has 0 bridgehead atoms. The molecule has 0 amide bonds. The van der Waals surface area contributed by atoms with Crippen LogP contribution < -0.4 is 10.5 Å². The van der Waals surface area contributed by atoms with Gasteiger partial charge in [-0.25, -0.2) is 4.39 Å². The first-order valence-electron chi connectivity index (χ1n) is 6.98. The van der Waals surface area contributed by atoms with E-state index < -0.39 is 6.10 Å². The lowest BCUT2D eigenvalue weighted by molar-refractivity contribution is 0.0111. The van der Waals surface area contributed by atoms with Crippen molar-refractivity contribution in [3.63, 3.8) is 0 Å². The molecule has 2 atom stereocenters. The number of ether oxygens (including phenoxy) is 2. The minimum absolute atomic E-state index is 0.0947. The van der Waals surface area contributed by atoms with Crippen molar-refractivity contribution in [3.05, 3.63) is 29.6 Å². The maximum absolute atomic E-state index is 13.2. The van der Waals surface area contributed by atoms with Crippen molar-refractivity contribution >= 4 is 0 Å². The van der Waals surface area contributed by atoms with Gasteiger partial charge < -0.3 is 20.3 Å². The summed E-state index contributed by atoms with van der Waals surface area (Å²) in [5.41, 5.74) is 6.36. The molecule has 0 heterocycles. The van der Waals surface area contributed by atoms with Crippen LogP contribution in [-0.2, 0) is 4.74 Å². The van der Waals surface area contributed by atoms with Crippen LogP contribution in [0.15, 0.2) is 18.2 Å². The van der Waals surface area contributed by atoms with Crippen molar-refractivity contribution in [3.8, 4) is 5.75 Å². The van der Waals surface area contributed by atoms with Crippen molar-refractivity contribution in [1.29, 1.82) is 0 Å². The van der Waals surface area contributed by atoms with Gasteiger partial charge in [-0.2, -0.15) is 0 Å². The summed E-state index contributed by atoms with van der Waals surface area (Å²) in [5, 5.41) is 9.74. The number of rotatable bonds is 9. The molecule has 20 heavy (non-hydrogen) atoms. The molecule has 3 N–H and O–H groups in total. The second-order valence-corrected chi connectivity index (χ2v) is 4.86. The molecule has 114 valence electrons. The maximum atomic E-state index is 13.2. The Hall–Kier alpha value is -1.17. The Morgan fingerprint density at radius 1 is 1.35 bits per heavy atom. The monoisotopic (exact) mass is 285 g/mol. The normalized spacial score (nSPS) is 14.1. The average molecular weight is 285 g/mol. The largest absolute Gasteiger partial charge is 0.490 e. The van der Waals surface area contributed by atoms with Gasteiger partial charge in [-0.1, -0.05) is 13.3 Å². The summed E-state index contributed by atoms with van der Waals surface area (Å²) in [7, 11) is 0. The maximum Gasteiger partial charge on any atom is 0.124 e. The number of unbranched alkanes of at least 4 members (excludes halogenated alkanes) is 1. The van der Waals surface area contributed by atoms with E-state index in [9.17, 15) is 9.50 Å². The van der Waals surface area contributed by atoms with E-state index in [1.807, 2.05) is 0 Å². The summed E-state index contributed by atoms with van der Waals surface area (Å²) >= 11 is 0. The van der Waals surface area contributed by atoms with E-state index in [1.54, 1.807) is 6.92 Å². The second-order valence-electron chi connectivity index (χ2n) is 4.86. The van der Waals surface area contributed by atoms with Gasteiger partial charge in [0.1, 0.15) is 24.3 Å². The van der Waals surface area contributed by atoms with Crippen molar-refractivity contribution in [2.45, 2.75) is 38.8 Å². The molecule has 0 aliphatic heterocycles. The fourth-order valence-corrected chi connectivity index (χ4v) is 1.71. The fourth-order valence-electron chi connectivity index (χ4n) is 1.71. The number of hydrogen-bond donors (Lipinski definition) is 2. The molecule has 0 saturated carbocycles. The van der Waals surface area contributed by atoms with Crippen LogP contribution in [0.25, 0.3) is 0 Å². The topological polar surface area (TPSA) is 64.7 Å². The zero-order chi connectivity index (χ0) is 15.0. The Kier molecular flexibility index (Phi) is 7.51. The molecule has 1 aromatic carbocycles. The van der Waals surface area contributed by atoms with E-state index in [2.05, 4.69) is 6.92 Å². The zero-order valence-electron chi connectivity index (χ0n) is 12.1. The van der Waals surface area contributed by atoms with Crippen LogP contribution in [0.4, 0.5) is 4.39 Å². The highest BCUT2D eigenvalue weighted by Gasteiger charge is 2.12. The Bertz CT molecular complexity index is 399. The van der Waals surface area contributed by atoms with Gasteiger partial charge in [-0.15, -0.1) is 0 Å². The smallest absolute Gasteiger partial charge is 0.124 e. The van der Waals surface area contributed by atoms with Gasteiger partial charge in [0.05, 0.1) is 6.61 Å². The molecule has 0 aliphatic rings. The highest BCUT2D eigenvalue weighted by molar-refractivity contribution is 5.36. The number of benzene rings is 1. The van der Waals surface area contributed by atoms with E-state index in [4.69, 9.17) is 15.2 Å². The standard InChI is InChI=1S/C15H24FNO3/c1-3-4-7-19-9-13(18)10-20-15-6-5-12(16)8-14(15)11(2)17/h5-6,8,11,13,18H,3-4,7,9-10,17H2,1-2H3. The summed E-state index contributed by atoms with van der Waals surface area (Å²) in [6.45, 7) is 4.79. The molecular formula is C15H24FNO3. The molecule has 5 heteroatoms. The quantitative estimate of drug-likeness (QED) is 0.684. The lowest BCUT2D eigenvalue weighted by Gasteiger charge is -2.16. The van der Waals surface area contributed by atoms with Crippen LogP contribution in [0.3, 0.4) is 0 Å². The number of hydrogen-bond acceptors (Lipinski definition) is 4. The lowest BCUT2D eigenvalue weighted by atomic mass is 10.1. The Balaban J connectivity index is 2.44. The van der Waals surface area contributed by atoms with Crippen LogP contribution in [-0.4, -0.2) is 31.0 Å².